The summed E-state index contributed by atoms with van der Waals surface area (Å²) in [5, 5.41) is 8.74. The third-order valence-corrected chi connectivity index (χ3v) is 2.99. The van der Waals surface area contributed by atoms with Crippen LogP contribution in [0.25, 0.3) is 10.9 Å². The highest BCUT2D eigenvalue weighted by Crippen LogP contribution is 2.17. The van der Waals surface area contributed by atoms with Gasteiger partial charge < -0.3 is 5.32 Å². The third-order valence-electron chi connectivity index (χ3n) is 2.99. The van der Waals surface area contributed by atoms with Gasteiger partial charge >= 0.3 is 0 Å². The highest BCUT2D eigenvalue weighted by Gasteiger charge is 2.02. The first-order valence-electron chi connectivity index (χ1n) is 6.25. The number of nitrogens with one attached hydrogen (secondary N) is 1. The Bertz CT molecular complexity index is 684. The fourth-order valence-electron chi connectivity index (χ4n) is 2.05. The quantitative estimate of drug-likeness (QED) is 0.773. The molecule has 0 saturated heterocycles. The predicted octanol–water partition coefficient (Wildman–Crippen LogP) is 2.02. The minimum Gasteiger partial charge on any atom is -0.369 e. The second-order valence-electron chi connectivity index (χ2n) is 4.40. The predicted molar refractivity (Wildman–Crippen MR) is 74.9 cm³/mol. The van der Waals surface area contributed by atoms with Gasteiger partial charge in [0, 0.05) is 31.6 Å². The van der Waals surface area contributed by atoms with Crippen LogP contribution in [-0.2, 0) is 13.5 Å². The van der Waals surface area contributed by atoms with E-state index in [9.17, 15) is 0 Å². The molecule has 0 saturated carbocycles. The molecular formula is C14H15N5. The first kappa shape index (κ1) is 11.6. The van der Waals surface area contributed by atoms with Crippen molar-refractivity contribution < 1.29 is 0 Å². The van der Waals surface area contributed by atoms with E-state index in [1.807, 2.05) is 48.3 Å². The number of aryl methyl sites for hydroxylation is 1. The lowest BCUT2D eigenvalue weighted by Gasteiger charge is -2.07. The van der Waals surface area contributed by atoms with Crippen LogP contribution in [0.15, 0.2) is 42.9 Å². The van der Waals surface area contributed by atoms with Gasteiger partial charge in [0.05, 0.1) is 11.2 Å². The van der Waals surface area contributed by atoms with Crippen LogP contribution in [-0.4, -0.2) is 26.3 Å². The number of benzene rings is 1. The third kappa shape index (κ3) is 2.54. The lowest BCUT2D eigenvalue weighted by molar-refractivity contribution is 0.742. The van der Waals surface area contributed by atoms with Gasteiger partial charge in [0.25, 0.3) is 0 Å². The second kappa shape index (κ2) is 5.06. The molecule has 0 unspecified atom stereocenters. The van der Waals surface area contributed by atoms with Crippen molar-refractivity contribution in [3.63, 3.8) is 0 Å². The van der Waals surface area contributed by atoms with E-state index in [-0.39, 0.29) is 0 Å². The summed E-state index contributed by atoms with van der Waals surface area (Å²) < 4.78 is 1.81. The average molecular weight is 253 g/mol. The Morgan fingerprint density at radius 3 is 2.89 bits per heavy atom. The number of aromatic nitrogens is 4. The lowest BCUT2D eigenvalue weighted by atomic mass is 10.2. The van der Waals surface area contributed by atoms with Gasteiger partial charge in [0.1, 0.15) is 12.1 Å². The summed E-state index contributed by atoms with van der Waals surface area (Å²) in [4.78, 5) is 8.54. The van der Waals surface area contributed by atoms with E-state index in [0.29, 0.717) is 0 Å². The Balaban J connectivity index is 1.71. The molecule has 0 aliphatic heterocycles. The number of hydrogen-bond donors (Lipinski definition) is 1. The van der Waals surface area contributed by atoms with Crippen LogP contribution in [0, 0.1) is 0 Å². The SMILES string of the molecule is Cn1ccc(CCNc2ncnc3ccccc23)n1. The summed E-state index contributed by atoms with van der Waals surface area (Å²) >= 11 is 0. The average Bonchev–Trinajstić information content (AvgIpc) is 2.85. The van der Waals surface area contributed by atoms with Gasteiger partial charge in [-0.15, -0.1) is 0 Å². The topological polar surface area (TPSA) is 55.6 Å². The van der Waals surface area contributed by atoms with E-state index < -0.39 is 0 Å². The minimum absolute atomic E-state index is 0.804. The Labute approximate surface area is 111 Å². The molecule has 0 aliphatic carbocycles. The van der Waals surface area contributed by atoms with Crippen molar-refractivity contribution in [1.82, 2.24) is 19.7 Å². The summed E-state index contributed by atoms with van der Waals surface area (Å²) in [6, 6.07) is 10.0. The number of para-hydroxylation sites is 1. The Kier molecular flexibility index (Phi) is 3.10. The molecule has 5 heteroatoms. The van der Waals surface area contributed by atoms with Crippen molar-refractivity contribution >= 4 is 16.7 Å². The summed E-state index contributed by atoms with van der Waals surface area (Å²) in [5.41, 5.74) is 2.03. The molecule has 0 atom stereocenters. The highest BCUT2D eigenvalue weighted by molar-refractivity contribution is 5.88. The standard InChI is InChI=1S/C14H15N5/c1-19-9-7-11(18-19)6-8-15-14-12-4-2-3-5-13(12)16-10-17-14/h2-5,7,9-10H,6,8H2,1H3,(H,15,16,17). The monoisotopic (exact) mass is 253 g/mol. The molecule has 1 aromatic carbocycles. The van der Waals surface area contributed by atoms with Gasteiger partial charge in [-0.1, -0.05) is 12.1 Å². The maximum Gasteiger partial charge on any atom is 0.137 e. The van der Waals surface area contributed by atoms with Gasteiger partial charge in [0.2, 0.25) is 0 Å². The molecule has 2 aromatic heterocycles. The zero-order valence-electron chi connectivity index (χ0n) is 10.7. The van der Waals surface area contributed by atoms with Crippen LogP contribution >= 0.6 is 0 Å². The fourth-order valence-corrected chi connectivity index (χ4v) is 2.05. The molecular weight excluding hydrogens is 238 g/mol. The summed E-state index contributed by atoms with van der Waals surface area (Å²) in [7, 11) is 1.93. The zero-order chi connectivity index (χ0) is 13.1. The van der Waals surface area contributed by atoms with Gasteiger partial charge in [-0.25, -0.2) is 9.97 Å². The summed E-state index contributed by atoms with van der Waals surface area (Å²) in [5.74, 6) is 0.876. The van der Waals surface area contributed by atoms with Crippen molar-refractivity contribution in [3.05, 3.63) is 48.5 Å². The molecule has 5 nitrogen and oxygen atoms in total. The minimum atomic E-state index is 0.804. The summed E-state index contributed by atoms with van der Waals surface area (Å²) in [6.45, 7) is 0.804. The molecule has 0 fully saturated rings. The molecule has 0 amide bonds. The molecule has 3 aromatic rings. The smallest absolute Gasteiger partial charge is 0.137 e. The van der Waals surface area contributed by atoms with E-state index in [1.165, 1.54) is 0 Å². The van der Waals surface area contributed by atoms with Gasteiger partial charge in [-0.3, -0.25) is 4.68 Å². The first-order valence-corrected chi connectivity index (χ1v) is 6.25. The molecule has 3 rings (SSSR count). The molecule has 19 heavy (non-hydrogen) atoms. The van der Waals surface area contributed by atoms with E-state index in [2.05, 4.69) is 20.4 Å². The Morgan fingerprint density at radius 2 is 2.05 bits per heavy atom. The van der Waals surface area contributed by atoms with Crippen molar-refractivity contribution in [2.45, 2.75) is 6.42 Å². The van der Waals surface area contributed by atoms with Gasteiger partial charge in [0.15, 0.2) is 0 Å². The number of anilines is 1. The molecule has 2 heterocycles. The second-order valence-corrected chi connectivity index (χ2v) is 4.40. The van der Waals surface area contributed by atoms with Crippen LogP contribution in [0.2, 0.25) is 0 Å². The van der Waals surface area contributed by atoms with Crippen LogP contribution < -0.4 is 5.32 Å². The van der Waals surface area contributed by atoms with Crippen LogP contribution in [0.1, 0.15) is 5.69 Å². The first-order chi connectivity index (χ1) is 9.33. The molecule has 96 valence electrons. The maximum atomic E-state index is 4.35. The van der Waals surface area contributed by atoms with E-state index in [4.69, 9.17) is 0 Å². The Hall–Kier alpha value is -2.43. The molecule has 0 spiro atoms. The van der Waals surface area contributed by atoms with Gasteiger partial charge in [-0.05, 0) is 18.2 Å². The molecule has 0 radical (unpaired) electrons. The number of rotatable bonds is 4. The number of fused-ring (bicyclic) bond motifs is 1. The Morgan fingerprint density at radius 1 is 1.16 bits per heavy atom. The van der Waals surface area contributed by atoms with Crippen LogP contribution in [0.4, 0.5) is 5.82 Å². The largest absolute Gasteiger partial charge is 0.369 e. The fraction of sp³-hybridized carbons (Fsp3) is 0.214. The van der Waals surface area contributed by atoms with Crippen molar-refractivity contribution in [1.29, 1.82) is 0 Å². The van der Waals surface area contributed by atoms with Gasteiger partial charge in [-0.2, -0.15) is 5.10 Å². The molecule has 0 bridgehead atoms. The van der Waals surface area contributed by atoms with E-state index in [0.717, 1.165) is 35.4 Å². The molecule has 0 aliphatic rings. The van der Waals surface area contributed by atoms with Crippen molar-refractivity contribution in [2.75, 3.05) is 11.9 Å². The molecule has 1 N–H and O–H groups in total. The van der Waals surface area contributed by atoms with Crippen LogP contribution in [0.5, 0.6) is 0 Å². The number of hydrogen-bond acceptors (Lipinski definition) is 4. The van der Waals surface area contributed by atoms with Crippen molar-refractivity contribution in [2.24, 2.45) is 7.05 Å². The lowest BCUT2D eigenvalue weighted by Crippen LogP contribution is -2.07. The summed E-state index contributed by atoms with van der Waals surface area (Å²) in [6.07, 6.45) is 4.42. The maximum absolute atomic E-state index is 4.35. The number of nitrogens with zero attached hydrogens (tertiary/aromatic N) is 4. The van der Waals surface area contributed by atoms with E-state index in [1.54, 1.807) is 6.33 Å². The van der Waals surface area contributed by atoms with Crippen molar-refractivity contribution in [3.8, 4) is 0 Å². The highest BCUT2D eigenvalue weighted by atomic mass is 15.2. The zero-order valence-corrected chi connectivity index (χ0v) is 10.7. The van der Waals surface area contributed by atoms with E-state index >= 15 is 0 Å². The normalized spacial score (nSPS) is 10.8. The van der Waals surface area contributed by atoms with Crippen LogP contribution in [0.3, 0.4) is 0 Å².